The normalized spacial score (nSPS) is 21.7. The summed E-state index contributed by atoms with van der Waals surface area (Å²) in [4.78, 5) is 23.7. The number of aliphatic hydroxyl groups excluding tert-OH is 1. The number of nitrogens with zero attached hydrogens (tertiary/aromatic N) is 4. The number of hydrogen-bond donors (Lipinski definition) is 2. The fraction of sp³-hybridized carbons (Fsp3) is 0.375. The summed E-state index contributed by atoms with van der Waals surface area (Å²) in [5, 5.41) is 14.5. The van der Waals surface area contributed by atoms with E-state index in [1.165, 1.54) is 0 Å². The first kappa shape index (κ1) is 21.1. The van der Waals surface area contributed by atoms with E-state index in [9.17, 15) is 9.90 Å². The number of amides is 1. The Morgan fingerprint density at radius 2 is 1.97 bits per heavy atom. The van der Waals surface area contributed by atoms with E-state index in [0.717, 1.165) is 11.4 Å². The number of hydrogen-bond acceptors (Lipinski definition) is 5. The van der Waals surface area contributed by atoms with Crippen molar-refractivity contribution >= 4 is 11.7 Å². The molecule has 0 spiro atoms. The van der Waals surface area contributed by atoms with E-state index in [0.29, 0.717) is 25.1 Å². The van der Waals surface area contributed by atoms with Gasteiger partial charge in [0.15, 0.2) is 0 Å². The van der Waals surface area contributed by atoms with Crippen LogP contribution in [0.1, 0.15) is 43.1 Å². The van der Waals surface area contributed by atoms with Crippen molar-refractivity contribution in [1.82, 2.24) is 19.9 Å². The minimum atomic E-state index is -0.888. The number of aliphatic hydroxyl groups is 1. The van der Waals surface area contributed by atoms with Crippen LogP contribution in [0.3, 0.4) is 0 Å². The van der Waals surface area contributed by atoms with Crippen molar-refractivity contribution in [2.24, 2.45) is 0 Å². The summed E-state index contributed by atoms with van der Waals surface area (Å²) in [6, 6.07) is 11.5. The molecule has 3 aromatic rings. The van der Waals surface area contributed by atoms with Crippen molar-refractivity contribution in [3.63, 3.8) is 0 Å². The Balaban J connectivity index is 1.62. The molecule has 2 N–H and O–H groups in total. The van der Waals surface area contributed by atoms with Crippen LogP contribution in [0.2, 0.25) is 0 Å². The van der Waals surface area contributed by atoms with E-state index in [1.54, 1.807) is 18.6 Å². The van der Waals surface area contributed by atoms with Gasteiger partial charge in [-0.2, -0.15) is 0 Å². The van der Waals surface area contributed by atoms with Crippen molar-refractivity contribution in [3.8, 4) is 0 Å². The number of benzene rings is 1. The summed E-state index contributed by atoms with van der Waals surface area (Å²) in [6.07, 6.45) is 8.45. The first-order valence-electron chi connectivity index (χ1n) is 10.6. The van der Waals surface area contributed by atoms with E-state index >= 15 is 0 Å². The summed E-state index contributed by atoms with van der Waals surface area (Å²) in [5.41, 5.74) is 0.469. The van der Waals surface area contributed by atoms with Crippen molar-refractivity contribution in [1.29, 1.82) is 0 Å². The average Bonchev–Trinajstić information content (AvgIpc) is 3.28. The SMILES string of the molecule is CC(C)(C)n1ccc(C(=O)N[C@]2(c3ccccc3)CCN(c3cnccn3)C[C@H]2O)c1. The van der Waals surface area contributed by atoms with Gasteiger partial charge >= 0.3 is 0 Å². The van der Waals surface area contributed by atoms with Gasteiger partial charge in [0, 0.05) is 43.4 Å². The van der Waals surface area contributed by atoms with Crippen LogP contribution in [0.5, 0.6) is 0 Å². The Bertz CT molecular complexity index is 1030. The third kappa shape index (κ3) is 4.18. The predicted molar refractivity (Wildman–Crippen MR) is 120 cm³/mol. The van der Waals surface area contributed by atoms with Crippen molar-refractivity contribution in [2.45, 2.75) is 44.4 Å². The smallest absolute Gasteiger partial charge is 0.253 e. The Hall–Kier alpha value is -3.19. The Kier molecular flexibility index (Phi) is 5.54. The lowest BCUT2D eigenvalue weighted by molar-refractivity contribution is 0.0364. The van der Waals surface area contributed by atoms with Gasteiger partial charge < -0.3 is 19.9 Å². The largest absolute Gasteiger partial charge is 0.388 e. The highest BCUT2D eigenvalue weighted by Crippen LogP contribution is 2.35. The van der Waals surface area contributed by atoms with Gasteiger partial charge in [0.2, 0.25) is 0 Å². The number of nitrogens with one attached hydrogen (secondary N) is 1. The van der Waals surface area contributed by atoms with E-state index in [2.05, 4.69) is 36.1 Å². The summed E-state index contributed by atoms with van der Waals surface area (Å²) in [5.74, 6) is 0.524. The van der Waals surface area contributed by atoms with E-state index in [4.69, 9.17) is 0 Å². The Labute approximate surface area is 182 Å². The highest BCUT2D eigenvalue weighted by molar-refractivity contribution is 5.94. The molecule has 162 valence electrons. The zero-order valence-corrected chi connectivity index (χ0v) is 18.2. The minimum Gasteiger partial charge on any atom is -0.388 e. The predicted octanol–water partition coefficient (Wildman–Crippen LogP) is 2.93. The second-order valence-corrected chi connectivity index (χ2v) is 9.05. The molecule has 31 heavy (non-hydrogen) atoms. The Morgan fingerprint density at radius 3 is 2.58 bits per heavy atom. The minimum absolute atomic E-state index is 0.114. The van der Waals surface area contributed by atoms with Gasteiger partial charge in [-0.05, 0) is 38.8 Å². The zero-order chi connectivity index (χ0) is 22.1. The molecule has 1 fully saturated rings. The number of carbonyl (C=O) groups is 1. The fourth-order valence-corrected chi connectivity index (χ4v) is 4.11. The van der Waals surface area contributed by atoms with E-state index in [1.807, 2.05) is 58.3 Å². The molecule has 4 rings (SSSR count). The van der Waals surface area contributed by atoms with Gasteiger partial charge in [-0.15, -0.1) is 0 Å². The van der Waals surface area contributed by atoms with Crippen LogP contribution in [-0.2, 0) is 11.1 Å². The second kappa shape index (κ2) is 8.15. The average molecular weight is 420 g/mol. The van der Waals surface area contributed by atoms with E-state index < -0.39 is 11.6 Å². The maximum absolute atomic E-state index is 13.3. The van der Waals surface area contributed by atoms with Gasteiger partial charge in [0.05, 0.1) is 23.4 Å². The van der Waals surface area contributed by atoms with Crippen molar-refractivity contribution < 1.29 is 9.90 Å². The molecule has 1 aliphatic rings. The highest BCUT2D eigenvalue weighted by Gasteiger charge is 2.45. The molecule has 2 aromatic heterocycles. The molecule has 1 aliphatic heterocycles. The van der Waals surface area contributed by atoms with Crippen LogP contribution in [0.4, 0.5) is 5.82 Å². The summed E-state index contributed by atoms with van der Waals surface area (Å²) in [6.45, 7) is 7.25. The summed E-state index contributed by atoms with van der Waals surface area (Å²) >= 11 is 0. The van der Waals surface area contributed by atoms with Gasteiger partial charge in [-0.1, -0.05) is 30.3 Å². The lowest BCUT2D eigenvalue weighted by Crippen LogP contribution is -2.62. The number of piperidine rings is 1. The molecule has 1 saturated heterocycles. The maximum atomic E-state index is 13.3. The lowest BCUT2D eigenvalue weighted by Gasteiger charge is -2.46. The standard InChI is InChI=1S/C24H29N5O2/c1-23(2,3)29-13-9-18(16-29)22(31)27-24(19-7-5-4-6-8-19)10-14-28(17-20(24)30)21-15-25-11-12-26-21/h4-9,11-13,15-16,20,30H,10,14,17H2,1-3H3,(H,27,31)/t20-,24+/m1/s1. The fourth-order valence-electron chi connectivity index (χ4n) is 4.11. The quantitative estimate of drug-likeness (QED) is 0.679. The molecular weight excluding hydrogens is 390 g/mol. The number of carbonyl (C=O) groups excluding carboxylic acids is 1. The molecule has 1 amide bonds. The molecule has 1 aromatic carbocycles. The molecule has 0 bridgehead atoms. The number of rotatable bonds is 4. The van der Waals surface area contributed by atoms with Gasteiger partial charge in [0.1, 0.15) is 5.82 Å². The van der Waals surface area contributed by atoms with Gasteiger partial charge in [-0.3, -0.25) is 9.78 Å². The van der Waals surface area contributed by atoms with Crippen LogP contribution in [-0.4, -0.2) is 44.7 Å². The lowest BCUT2D eigenvalue weighted by atomic mass is 9.78. The molecule has 0 aliphatic carbocycles. The first-order chi connectivity index (χ1) is 14.8. The molecular formula is C24H29N5O2. The number of anilines is 1. The second-order valence-electron chi connectivity index (χ2n) is 9.05. The number of β-amino-alcohol motifs (C(OH)–C–C–N with tert-alkyl or cyclic N) is 1. The Morgan fingerprint density at radius 1 is 1.19 bits per heavy atom. The maximum Gasteiger partial charge on any atom is 0.253 e. The number of aromatic nitrogens is 3. The van der Waals surface area contributed by atoms with Crippen LogP contribution < -0.4 is 10.2 Å². The molecule has 0 unspecified atom stereocenters. The molecule has 0 saturated carbocycles. The molecule has 3 heterocycles. The van der Waals surface area contributed by atoms with Crippen LogP contribution in [0, 0.1) is 0 Å². The monoisotopic (exact) mass is 419 g/mol. The third-order valence-electron chi connectivity index (χ3n) is 5.97. The van der Waals surface area contributed by atoms with Gasteiger partial charge in [0.25, 0.3) is 5.91 Å². The van der Waals surface area contributed by atoms with Crippen molar-refractivity contribution in [2.75, 3.05) is 18.0 Å². The topological polar surface area (TPSA) is 83.3 Å². The summed E-state index contributed by atoms with van der Waals surface area (Å²) < 4.78 is 2.02. The van der Waals surface area contributed by atoms with Crippen molar-refractivity contribution in [3.05, 3.63) is 78.5 Å². The van der Waals surface area contributed by atoms with Crippen LogP contribution >= 0.6 is 0 Å². The third-order valence-corrected chi connectivity index (χ3v) is 5.97. The molecule has 2 atom stereocenters. The van der Waals surface area contributed by atoms with Crippen LogP contribution in [0.25, 0.3) is 0 Å². The zero-order valence-electron chi connectivity index (χ0n) is 18.2. The first-order valence-corrected chi connectivity index (χ1v) is 10.6. The van der Waals surface area contributed by atoms with E-state index in [-0.39, 0.29) is 11.4 Å². The van der Waals surface area contributed by atoms with Gasteiger partial charge in [-0.25, -0.2) is 4.98 Å². The van der Waals surface area contributed by atoms with Crippen LogP contribution in [0.15, 0.2) is 67.4 Å². The molecule has 7 nitrogen and oxygen atoms in total. The molecule has 7 heteroatoms. The highest BCUT2D eigenvalue weighted by atomic mass is 16.3. The molecule has 0 radical (unpaired) electrons. The summed E-state index contributed by atoms with van der Waals surface area (Å²) in [7, 11) is 0.